The molecule has 0 aliphatic heterocycles. The van der Waals surface area contributed by atoms with Crippen LogP contribution in [0, 0.1) is 6.92 Å². The van der Waals surface area contributed by atoms with Gasteiger partial charge in [-0.1, -0.05) is 135 Å². The molecule has 0 heteroatoms. The highest BCUT2D eigenvalue weighted by molar-refractivity contribution is 6.09. The molecule has 7 rings (SSSR count). The molecule has 0 nitrogen and oxygen atoms in total. The summed E-state index contributed by atoms with van der Waals surface area (Å²) in [7, 11) is 0. The van der Waals surface area contributed by atoms with Crippen molar-refractivity contribution >= 4 is 10.8 Å². The second-order valence-electron chi connectivity index (χ2n) is 11.1. The fourth-order valence-electron chi connectivity index (χ4n) is 6.37. The van der Waals surface area contributed by atoms with Crippen molar-refractivity contribution in [2.45, 2.75) is 26.2 Å². The van der Waals surface area contributed by atoms with Gasteiger partial charge in [0, 0.05) is 5.41 Å². The van der Waals surface area contributed by atoms with Gasteiger partial charge in [-0.15, -0.1) is 0 Å². The molecular formula is C38H30. The Labute approximate surface area is 225 Å². The van der Waals surface area contributed by atoms with Gasteiger partial charge in [-0.3, -0.25) is 0 Å². The first-order valence-corrected chi connectivity index (χ1v) is 13.5. The van der Waals surface area contributed by atoms with Gasteiger partial charge in [0.1, 0.15) is 0 Å². The molecule has 0 unspecified atom stereocenters. The molecule has 0 heterocycles. The fraction of sp³-hybridized carbons (Fsp3) is 0.105. The number of rotatable bonds is 3. The lowest BCUT2D eigenvalue weighted by Crippen LogP contribution is -2.15. The van der Waals surface area contributed by atoms with Crippen LogP contribution >= 0.6 is 0 Å². The molecule has 0 bridgehead atoms. The van der Waals surface area contributed by atoms with Crippen LogP contribution in [0.4, 0.5) is 0 Å². The fourth-order valence-corrected chi connectivity index (χ4v) is 6.37. The molecule has 182 valence electrons. The predicted octanol–water partition coefficient (Wildman–Crippen LogP) is 10.5. The van der Waals surface area contributed by atoms with Crippen LogP contribution in [0.5, 0.6) is 0 Å². The van der Waals surface area contributed by atoms with E-state index in [1.54, 1.807) is 0 Å². The summed E-state index contributed by atoms with van der Waals surface area (Å²) in [5.41, 5.74) is 14.4. The summed E-state index contributed by atoms with van der Waals surface area (Å²) in [6.07, 6.45) is 0. The third-order valence-electron chi connectivity index (χ3n) is 8.34. The second-order valence-corrected chi connectivity index (χ2v) is 11.1. The lowest BCUT2D eigenvalue weighted by Gasteiger charge is -2.23. The number of hydrogen-bond acceptors (Lipinski definition) is 0. The van der Waals surface area contributed by atoms with Gasteiger partial charge in [0.25, 0.3) is 0 Å². The topological polar surface area (TPSA) is 0 Å². The number of benzene rings is 6. The van der Waals surface area contributed by atoms with E-state index in [-0.39, 0.29) is 5.41 Å². The van der Waals surface area contributed by atoms with Gasteiger partial charge in [0.15, 0.2) is 0 Å². The average Bonchev–Trinajstić information content (AvgIpc) is 3.19. The summed E-state index contributed by atoms with van der Waals surface area (Å²) in [5.74, 6) is 0. The Hall–Kier alpha value is -4.42. The summed E-state index contributed by atoms with van der Waals surface area (Å²) in [6, 6.07) is 46.9. The van der Waals surface area contributed by atoms with Crippen LogP contribution in [-0.2, 0) is 5.41 Å². The van der Waals surface area contributed by atoms with E-state index in [1.165, 1.54) is 72.0 Å². The Kier molecular flexibility index (Phi) is 5.13. The van der Waals surface area contributed by atoms with Crippen LogP contribution in [0.15, 0.2) is 127 Å². The number of aryl methyl sites for hydroxylation is 1. The van der Waals surface area contributed by atoms with Crippen molar-refractivity contribution < 1.29 is 0 Å². The SMILES string of the molecule is Cc1ccc2c(c1)C(C)(C)c1cc(-c3ccc(-c4ccccc4)c(-c4ccccc4)c3)c3ccccc3c1-2. The Bertz CT molecular complexity index is 1820. The zero-order valence-electron chi connectivity index (χ0n) is 22.1. The molecule has 6 aromatic rings. The summed E-state index contributed by atoms with van der Waals surface area (Å²) in [5, 5.41) is 2.64. The molecule has 0 N–H and O–H groups in total. The van der Waals surface area contributed by atoms with Gasteiger partial charge in [-0.2, -0.15) is 0 Å². The zero-order valence-corrected chi connectivity index (χ0v) is 22.1. The molecule has 38 heavy (non-hydrogen) atoms. The normalized spacial score (nSPS) is 13.3. The van der Waals surface area contributed by atoms with Gasteiger partial charge >= 0.3 is 0 Å². The maximum absolute atomic E-state index is 2.47. The molecule has 1 aliphatic rings. The second kappa shape index (κ2) is 8.57. The van der Waals surface area contributed by atoms with Gasteiger partial charge in [-0.05, 0) is 85.5 Å². The summed E-state index contributed by atoms with van der Waals surface area (Å²) in [6.45, 7) is 6.95. The van der Waals surface area contributed by atoms with Crippen LogP contribution < -0.4 is 0 Å². The molecule has 1 aliphatic carbocycles. The summed E-state index contributed by atoms with van der Waals surface area (Å²) < 4.78 is 0. The molecule has 0 saturated heterocycles. The summed E-state index contributed by atoms with van der Waals surface area (Å²) in [4.78, 5) is 0. The van der Waals surface area contributed by atoms with E-state index in [9.17, 15) is 0 Å². The molecule has 0 amide bonds. The van der Waals surface area contributed by atoms with Crippen molar-refractivity contribution in [3.8, 4) is 44.5 Å². The average molecular weight is 487 g/mol. The first-order valence-electron chi connectivity index (χ1n) is 13.5. The van der Waals surface area contributed by atoms with Crippen molar-refractivity contribution in [2.75, 3.05) is 0 Å². The number of fused-ring (bicyclic) bond motifs is 5. The standard InChI is InChI=1S/C38H30/c1-25-18-20-32-35(22-25)38(2,3)36-24-34(30-16-10-11-17-31(30)37(32)36)28-19-21-29(26-12-6-4-7-13-26)33(23-28)27-14-8-5-9-15-27/h4-24H,1-3H3. The summed E-state index contributed by atoms with van der Waals surface area (Å²) >= 11 is 0. The van der Waals surface area contributed by atoms with Crippen LogP contribution in [0.2, 0.25) is 0 Å². The largest absolute Gasteiger partial charge is 0.0622 e. The van der Waals surface area contributed by atoms with Crippen LogP contribution in [-0.4, -0.2) is 0 Å². The Balaban J connectivity index is 1.51. The van der Waals surface area contributed by atoms with Gasteiger partial charge in [-0.25, -0.2) is 0 Å². The highest BCUT2D eigenvalue weighted by atomic mass is 14.4. The van der Waals surface area contributed by atoms with E-state index in [0.29, 0.717) is 0 Å². The molecule has 0 atom stereocenters. The van der Waals surface area contributed by atoms with Gasteiger partial charge < -0.3 is 0 Å². The van der Waals surface area contributed by atoms with E-state index in [1.807, 2.05) is 0 Å². The van der Waals surface area contributed by atoms with Crippen molar-refractivity contribution in [1.82, 2.24) is 0 Å². The zero-order chi connectivity index (χ0) is 25.9. The predicted molar refractivity (Wildman–Crippen MR) is 163 cm³/mol. The minimum absolute atomic E-state index is 0.0539. The molecule has 6 aromatic carbocycles. The van der Waals surface area contributed by atoms with Crippen LogP contribution in [0.25, 0.3) is 55.3 Å². The smallest absolute Gasteiger partial charge is 0.0159 e. The highest BCUT2D eigenvalue weighted by Crippen LogP contribution is 2.53. The van der Waals surface area contributed by atoms with E-state index < -0.39 is 0 Å². The molecule has 0 fully saturated rings. The third kappa shape index (κ3) is 3.45. The van der Waals surface area contributed by atoms with E-state index in [2.05, 4.69) is 148 Å². The van der Waals surface area contributed by atoms with E-state index >= 15 is 0 Å². The van der Waals surface area contributed by atoms with Crippen LogP contribution in [0.3, 0.4) is 0 Å². The minimum Gasteiger partial charge on any atom is -0.0622 e. The maximum Gasteiger partial charge on any atom is 0.0159 e. The van der Waals surface area contributed by atoms with Crippen molar-refractivity contribution in [3.05, 3.63) is 144 Å². The van der Waals surface area contributed by atoms with Crippen molar-refractivity contribution in [1.29, 1.82) is 0 Å². The van der Waals surface area contributed by atoms with E-state index in [0.717, 1.165) is 0 Å². The Morgan fingerprint density at radius 1 is 0.421 bits per heavy atom. The molecular weight excluding hydrogens is 456 g/mol. The molecule has 0 radical (unpaired) electrons. The molecule has 0 aromatic heterocycles. The Morgan fingerprint density at radius 3 is 1.74 bits per heavy atom. The first-order chi connectivity index (χ1) is 18.5. The Morgan fingerprint density at radius 2 is 1.03 bits per heavy atom. The van der Waals surface area contributed by atoms with Crippen molar-refractivity contribution in [2.24, 2.45) is 0 Å². The highest BCUT2D eigenvalue weighted by Gasteiger charge is 2.37. The first kappa shape index (κ1) is 22.8. The van der Waals surface area contributed by atoms with Crippen LogP contribution in [0.1, 0.15) is 30.5 Å². The quantitative estimate of drug-likeness (QED) is 0.233. The lowest BCUT2D eigenvalue weighted by atomic mass is 9.80. The van der Waals surface area contributed by atoms with Gasteiger partial charge in [0.05, 0.1) is 0 Å². The lowest BCUT2D eigenvalue weighted by molar-refractivity contribution is 0.660. The van der Waals surface area contributed by atoms with Gasteiger partial charge in [0.2, 0.25) is 0 Å². The van der Waals surface area contributed by atoms with E-state index in [4.69, 9.17) is 0 Å². The van der Waals surface area contributed by atoms with Crippen molar-refractivity contribution in [3.63, 3.8) is 0 Å². The number of hydrogen-bond donors (Lipinski definition) is 0. The maximum atomic E-state index is 2.47. The molecule has 0 saturated carbocycles. The molecule has 0 spiro atoms. The monoisotopic (exact) mass is 486 g/mol. The third-order valence-corrected chi connectivity index (χ3v) is 8.34. The minimum atomic E-state index is -0.0539.